The van der Waals surface area contributed by atoms with Crippen LogP contribution in [0.1, 0.15) is 63.2 Å². The van der Waals surface area contributed by atoms with E-state index in [9.17, 15) is 9.90 Å². The van der Waals surface area contributed by atoms with Crippen LogP contribution < -0.4 is 5.32 Å². The summed E-state index contributed by atoms with van der Waals surface area (Å²) < 4.78 is 5.59. The minimum atomic E-state index is -0.782. The summed E-state index contributed by atoms with van der Waals surface area (Å²) >= 11 is 0. The van der Waals surface area contributed by atoms with Crippen molar-refractivity contribution in [2.75, 3.05) is 19.6 Å². The van der Waals surface area contributed by atoms with Crippen LogP contribution in [0.5, 0.6) is 0 Å². The van der Waals surface area contributed by atoms with Gasteiger partial charge < -0.3 is 14.8 Å². The van der Waals surface area contributed by atoms with Gasteiger partial charge in [-0.25, -0.2) is 0 Å². The zero-order valence-electron chi connectivity index (χ0n) is 13.8. The molecule has 1 aliphatic heterocycles. The summed E-state index contributed by atoms with van der Waals surface area (Å²) in [4.78, 5) is 14.6. The van der Waals surface area contributed by atoms with Gasteiger partial charge in [-0.15, -0.1) is 0 Å². The van der Waals surface area contributed by atoms with Gasteiger partial charge >= 0.3 is 0 Å². The third kappa shape index (κ3) is 4.36. The molecule has 2 fully saturated rings. The second-order valence-corrected chi connectivity index (χ2v) is 7.04. The van der Waals surface area contributed by atoms with E-state index in [2.05, 4.69) is 10.2 Å². The second kappa shape index (κ2) is 7.49. The van der Waals surface area contributed by atoms with Gasteiger partial charge in [-0.3, -0.25) is 9.69 Å². The van der Waals surface area contributed by atoms with E-state index >= 15 is 0 Å². The summed E-state index contributed by atoms with van der Waals surface area (Å²) in [5.41, 5.74) is -0.782. The highest BCUT2D eigenvalue weighted by atomic mass is 16.3. The molecule has 5 heteroatoms. The maximum absolute atomic E-state index is 12.2. The molecule has 0 radical (unpaired) electrons. The number of aliphatic hydroxyl groups is 1. The van der Waals surface area contributed by atoms with Crippen molar-refractivity contribution in [3.05, 3.63) is 24.2 Å². The average molecular weight is 320 g/mol. The number of likely N-dealkylation sites (tertiary alicyclic amines) is 1. The molecule has 1 aliphatic carbocycles. The normalized spacial score (nSPS) is 22.8. The van der Waals surface area contributed by atoms with E-state index in [-0.39, 0.29) is 18.4 Å². The van der Waals surface area contributed by atoms with Crippen LogP contribution in [0.25, 0.3) is 0 Å². The highest BCUT2D eigenvalue weighted by molar-refractivity contribution is 5.77. The van der Waals surface area contributed by atoms with E-state index in [0.717, 1.165) is 44.5 Å². The summed E-state index contributed by atoms with van der Waals surface area (Å²) in [6, 6.07) is 3.97. The molecule has 23 heavy (non-hydrogen) atoms. The van der Waals surface area contributed by atoms with Crippen LogP contribution in [0.3, 0.4) is 0 Å². The van der Waals surface area contributed by atoms with E-state index < -0.39 is 5.60 Å². The zero-order valence-corrected chi connectivity index (χ0v) is 13.8. The van der Waals surface area contributed by atoms with Crippen molar-refractivity contribution in [3.63, 3.8) is 0 Å². The second-order valence-electron chi connectivity index (χ2n) is 7.04. The average Bonchev–Trinajstić information content (AvgIpc) is 3.21. The lowest BCUT2D eigenvalue weighted by molar-refractivity contribution is -0.126. The van der Waals surface area contributed by atoms with Gasteiger partial charge in [0.1, 0.15) is 5.76 Å². The maximum Gasteiger partial charge on any atom is 0.222 e. The number of amides is 1. The standard InChI is InChI=1S/C18H28N2O3/c21-17(13-18(22)8-2-3-9-18)19-14-15(16-7-6-12-23-16)20-10-4-1-5-11-20/h6-7,12,15,22H,1-5,8-11,13-14H2,(H,19,21). The number of piperidine rings is 1. The molecule has 3 rings (SSSR count). The Morgan fingerprint density at radius 3 is 2.65 bits per heavy atom. The molecule has 128 valence electrons. The van der Waals surface area contributed by atoms with E-state index in [4.69, 9.17) is 4.42 Å². The fourth-order valence-electron chi connectivity index (χ4n) is 3.90. The molecule has 1 saturated heterocycles. The molecule has 2 N–H and O–H groups in total. The van der Waals surface area contributed by atoms with Crippen LogP contribution in [0.15, 0.2) is 22.8 Å². The fourth-order valence-corrected chi connectivity index (χ4v) is 3.90. The van der Waals surface area contributed by atoms with Crippen LogP contribution >= 0.6 is 0 Å². The Morgan fingerprint density at radius 2 is 2.00 bits per heavy atom. The molecule has 0 bridgehead atoms. The first-order chi connectivity index (χ1) is 11.2. The van der Waals surface area contributed by atoms with Gasteiger partial charge in [-0.05, 0) is 50.9 Å². The summed E-state index contributed by atoms with van der Waals surface area (Å²) in [6.07, 6.45) is 9.12. The largest absolute Gasteiger partial charge is 0.468 e. The molecule has 1 saturated carbocycles. The van der Waals surface area contributed by atoms with Crippen molar-refractivity contribution in [2.45, 2.75) is 63.0 Å². The van der Waals surface area contributed by atoms with Gasteiger partial charge in [0.15, 0.2) is 0 Å². The lowest BCUT2D eigenvalue weighted by Gasteiger charge is -2.33. The van der Waals surface area contributed by atoms with Gasteiger partial charge in [-0.2, -0.15) is 0 Å². The van der Waals surface area contributed by atoms with Crippen molar-refractivity contribution in [3.8, 4) is 0 Å². The van der Waals surface area contributed by atoms with Gasteiger partial charge in [0.25, 0.3) is 0 Å². The van der Waals surface area contributed by atoms with Crippen molar-refractivity contribution in [1.29, 1.82) is 0 Å². The first-order valence-corrected chi connectivity index (χ1v) is 8.93. The lowest BCUT2D eigenvalue weighted by Crippen LogP contribution is -2.42. The maximum atomic E-state index is 12.2. The minimum absolute atomic E-state index is 0.0528. The number of carbonyl (C=O) groups excluding carboxylic acids is 1. The van der Waals surface area contributed by atoms with E-state index in [1.54, 1.807) is 6.26 Å². The molecule has 2 heterocycles. The third-order valence-corrected chi connectivity index (χ3v) is 5.22. The van der Waals surface area contributed by atoms with E-state index in [1.807, 2.05) is 12.1 Å². The third-order valence-electron chi connectivity index (χ3n) is 5.22. The number of hydrogen-bond donors (Lipinski definition) is 2. The molecule has 1 atom stereocenters. The highest BCUT2D eigenvalue weighted by Gasteiger charge is 2.34. The monoisotopic (exact) mass is 320 g/mol. The van der Waals surface area contributed by atoms with Crippen LogP contribution in [-0.2, 0) is 4.79 Å². The van der Waals surface area contributed by atoms with Crippen LogP contribution in [0.2, 0.25) is 0 Å². The topological polar surface area (TPSA) is 65.7 Å². The van der Waals surface area contributed by atoms with Crippen molar-refractivity contribution < 1.29 is 14.3 Å². The van der Waals surface area contributed by atoms with Gasteiger partial charge in [0, 0.05) is 6.54 Å². The molecule has 1 aromatic heterocycles. The number of rotatable bonds is 6. The Labute approximate surface area is 138 Å². The fraction of sp³-hybridized carbons (Fsp3) is 0.722. The van der Waals surface area contributed by atoms with Gasteiger partial charge in [0.05, 0.1) is 24.3 Å². The number of nitrogens with zero attached hydrogens (tertiary/aromatic N) is 1. The Balaban J connectivity index is 1.56. The Hall–Kier alpha value is -1.33. The summed E-state index contributed by atoms with van der Waals surface area (Å²) in [7, 11) is 0. The van der Waals surface area contributed by atoms with Crippen LogP contribution in [-0.4, -0.2) is 41.1 Å². The van der Waals surface area contributed by atoms with E-state index in [0.29, 0.717) is 6.54 Å². The smallest absolute Gasteiger partial charge is 0.222 e. The number of carbonyl (C=O) groups is 1. The van der Waals surface area contributed by atoms with Crippen molar-refractivity contribution in [2.24, 2.45) is 0 Å². The van der Waals surface area contributed by atoms with Crippen molar-refractivity contribution >= 4 is 5.91 Å². The molecular formula is C18H28N2O3. The quantitative estimate of drug-likeness (QED) is 0.845. The van der Waals surface area contributed by atoms with Gasteiger partial charge in [0.2, 0.25) is 5.91 Å². The summed E-state index contributed by atoms with van der Waals surface area (Å²) in [6.45, 7) is 2.64. The Morgan fingerprint density at radius 1 is 1.26 bits per heavy atom. The molecule has 0 spiro atoms. The summed E-state index contributed by atoms with van der Waals surface area (Å²) in [5, 5.41) is 13.4. The van der Waals surface area contributed by atoms with Crippen molar-refractivity contribution in [1.82, 2.24) is 10.2 Å². The molecule has 2 aliphatic rings. The predicted molar refractivity (Wildman–Crippen MR) is 87.9 cm³/mol. The predicted octanol–water partition coefficient (Wildman–Crippen LogP) is 2.62. The van der Waals surface area contributed by atoms with Gasteiger partial charge in [-0.1, -0.05) is 19.3 Å². The minimum Gasteiger partial charge on any atom is -0.468 e. The SMILES string of the molecule is O=C(CC1(O)CCCC1)NCC(c1ccco1)N1CCCCC1. The zero-order chi connectivity index (χ0) is 16.1. The molecule has 0 aromatic carbocycles. The first-order valence-electron chi connectivity index (χ1n) is 8.93. The number of hydrogen-bond acceptors (Lipinski definition) is 4. The molecule has 1 unspecified atom stereocenters. The molecule has 1 amide bonds. The summed E-state index contributed by atoms with van der Waals surface area (Å²) in [5.74, 6) is 0.856. The lowest BCUT2D eigenvalue weighted by atomic mass is 9.97. The van der Waals surface area contributed by atoms with E-state index in [1.165, 1.54) is 19.3 Å². The Kier molecular flexibility index (Phi) is 5.38. The Bertz CT molecular complexity index is 488. The number of furan rings is 1. The number of nitrogens with one attached hydrogen (secondary N) is 1. The van der Waals surface area contributed by atoms with Crippen LogP contribution in [0, 0.1) is 0 Å². The highest BCUT2D eigenvalue weighted by Crippen LogP contribution is 2.32. The first kappa shape index (κ1) is 16.5. The molecule has 1 aromatic rings. The van der Waals surface area contributed by atoms with Crippen LogP contribution in [0.4, 0.5) is 0 Å². The molecular weight excluding hydrogens is 292 g/mol. The molecule has 5 nitrogen and oxygen atoms in total.